The fraction of sp³-hybridized carbons (Fsp3) is 0.444. The van der Waals surface area contributed by atoms with Gasteiger partial charge in [-0.15, -0.1) is 0 Å². The second-order valence-electron chi connectivity index (χ2n) is 3.08. The first kappa shape index (κ1) is 10.1. The van der Waals surface area contributed by atoms with Crippen LogP contribution < -0.4 is 0 Å². The van der Waals surface area contributed by atoms with Crippen molar-refractivity contribution >= 4 is 33.2 Å². The molecular formula is C9H10BrNO2S. The van der Waals surface area contributed by atoms with E-state index in [4.69, 9.17) is 4.84 Å². The Morgan fingerprint density at radius 1 is 1.50 bits per heavy atom. The summed E-state index contributed by atoms with van der Waals surface area (Å²) >= 11 is 4.85. The molecule has 3 nitrogen and oxygen atoms in total. The normalized spacial score (nSPS) is 17.1. The largest absolute Gasteiger partial charge is 0.279 e. The number of hydroxylamine groups is 2. The molecular weight excluding hydrogens is 266 g/mol. The van der Waals surface area contributed by atoms with Gasteiger partial charge in [0, 0.05) is 21.8 Å². The second kappa shape index (κ2) is 4.42. The highest BCUT2D eigenvalue weighted by Crippen LogP contribution is 2.23. The summed E-state index contributed by atoms with van der Waals surface area (Å²) in [6.07, 6.45) is 2.06. The molecule has 2 rings (SSSR count). The van der Waals surface area contributed by atoms with Crippen LogP contribution in [0.4, 0.5) is 0 Å². The van der Waals surface area contributed by atoms with E-state index < -0.39 is 0 Å². The van der Waals surface area contributed by atoms with Crippen molar-refractivity contribution in [1.29, 1.82) is 0 Å². The molecule has 76 valence electrons. The summed E-state index contributed by atoms with van der Waals surface area (Å²) in [6.45, 7) is 1.34. The van der Waals surface area contributed by atoms with E-state index in [-0.39, 0.29) is 5.91 Å². The molecule has 1 fully saturated rings. The zero-order valence-electron chi connectivity index (χ0n) is 7.53. The van der Waals surface area contributed by atoms with E-state index in [1.54, 1.807) is 0 Å². The smallest absolute Gasteiger partial charge is 0.271 e. The fourth-order valence-electron chi connectivity index (χ4n) is 1.33. The van der Waals surface area contributed by atoms with E-state index in [2.05, 4.69) is 15.9 Å². The molecule has 2 heterocycles. The summed E-state index contributed by atoms with van der Waals surface area (Å²) in [5.74, 6) is -0.0437. The molecule has 0 spiro atoms. The summed E-state index contributed by atoms with van der Waals surface area (Å²) in [7, 11) is 0. The molecule has 1 aliphatic heterocycles. The van der Waals surface area contributed by atoms with E-state index >= 15 is 0 Å². The second-order valence-corrected chi connectivity index (χ2v) is 4.68. The molecule has 0 aliphatic carbocycles. The first-order valence-electron chi connectivity index (χ1n) is 4.45. The van der Waals surface area contributed by atoms with Gasteiger partial charge in [-0.3, -0.25) is 9.63 Å². The Labute approximate surface area is 94.7 Å². The van der Waals surface area contributed by atoms with Crippen LogP contribution in [0.3, 0.4) is 0 Å². The molecule has 0 bridgehead atoms. The van der Waals surface area contributed by atoms with Gasteiger partial charge in [-0.1, -0.05) is 0 Å². The van der Waals surface area contributed by atoms with Gasteiger partial charge in [-0.2, -0.15) is 11.3 Å². The maximum absolute atomic E-state index is 11.9. The van der Waals surface area contributed by atoms with Crippen LogP contribution in [-0.2, 0) is 4.84 Å². The Morgan fingerprint density at radius 2 is 2.36 bits per heavy atom. The predicted molar refractivity (Wildman–Crippen MR) is 58.2 cm³/mol. The van der Waals surface area contributed by atoms with Crippen molar-refractivity contribution in [3.63, 3.8) is 0 Å². The van der Waals surface area contributed by atoms with Crippen LogP contribution in [0, 0.1) is 0 Å². The van der Waals surface area contributed by atoms with Crippen LogP contribution >= 0.6 is 27.3 Å². The number of carbonyl (C=O) groups is 1. The average molecular weight is 276 g/mol. The molecule has 14 heavy (non-hydrogen) atoms. The van der Waals surface area contributed by atoms with Gasteiger partial charge < -0.3 is 0 Å². The van der Waals surface area contributed by atoms with Gasteiger partial charge in [-0.25, -0.2) is 5.06 Å². The summed E-state index contributed by atoms with van der Waals surface area (Å²) in [5.41, 5.74) is 0.692. The Kier molecular flexibility index (Phi) is 3.20. The van der Waals surface area contributed by atoms with Crippen LogP contribution in [0.25, 0.3) is 0 Å². The molecule has 0 unspecified atom stereocenters. The van der Waals surface area contributed by atoms with Crippen molar-refractivity contribution in [3.8, 4) is 0 Å². The Bertz CT molecular complexity index is 333. The number of nitrogens with zero attached hydrogens (tertiary/aromatic N) is 1. The lowest BCUT2D eigenvalue weighted by molar-refractivity contribution is -0.144. The lowest BCUT2D eigenvalue weighted by atomic mass is 10.2. The first-order valence-corrected chi connectivity index (χ1v) is 6.19. The number of halogens is 1. The lowest BCUT2D eigenvalue weighted by Gasteiger charge is -2.25. The Balaban J connectivity index is 2.11. The van der Waals surface area contributed by atoms with Crippen molar-refractivity contribution in [3.05, 3.63) is 20.8 Å². The highest BCUT2D eigenvalue weighted by Gasteiger charge is 2.21. The summed E-state index contributed by atoms with van der Waals surface area (Å²) in [4.78, 5) is 17.1. The third-order valence-corrected chi connectivity index (χ3v) is 3.78. The fourth-order valence-corrected chi connectivity index (χ4v) is 2.76. The monoisotopic (exact) mass is 275 g/mol. The highest BCUT2D eigenvalue weighted by molar-refractivity contribution is 9.10. The number of amides is 1. The summed E-state index contributed by atoms with van der Waals surface area (Å²) < 4.78 is 0.849. The van der Waals surface area contributed by atoms with Crippen LogP contribution in [0.15, 0.2) is 15.2 Å². The van der Waals surface area contributed by atoms with Crippen LogP contribution in [0.1, 0.15) is 23.2 Å². The van der Waals surface area contributed by atoms with Gasteiger partial charge >= 0.3 is 0 Å². The molecule has 1 amide bonds. The Hall–Kier alpha value is -0.390. The molecule has 1 aromatic rings. The molecule has 1 aliphatic rings. The number of carbonyl (C=O) groups excluding carboxylic acids is 1. The highest BCUT2D eigenvalue weighted by atomic mass is 79.9. The number of rotatable bonds is 1. The molecule has 1 aromatic heterocycles. The number of hydrogen-bond donors (Lipinski definition) is 0. The minimum Gasteiger partial charge on any atom is -0.271 e. The summed E-state index contributed by atoms with van der Waals surface area (Å²) in [6, 6.07) is 0. The molecule has 0 radical (unpaired) electrons. The maximum atomic E-state index is 11.9. The van der Waals surface area contributed by atoms with Gasteiger partial charge in [0.2, 0.25) is 0 Å². The van der Waals surface area contributed by atoms with Gasteiger partial charge in [0.15, 0.2) is 0 Å². The third-order valence-electron chi connectivity index (χ3n) is 2.07. The zero-order chi connectivity index (χ0) is 9.97. The maximum Gasteiger partial charge on any atom is 0.279 e. The van der Waals surface area contributed by atoms with Crippen molar-refractivity contribution in [2.75, 3.05) is 13.2 Å². The predicted octanol–water partition coefficient (Wildman–Crippen LogP) is 2.68. The van der Waals surface area contributed by atoms with Gasteiger partial charge in [-0.05, 0) is 28.8 Å². The van der Waals surface area contributed by atoms with E-state index in [1.165, 1.54) is 16.4 Å². The molecule has 5 heteroatoms. The van der Waals surface area contributed by atoms with Crippen molar-refractivity contribution in [1.82, 2.24) is 5.06 Å². The topological polar surface area (TPSA) is 29.5 Å². The molecule has 1 saturated heterocycles. The van der Waals surface area contributed by atoms with Gasteiger partial charge in [0.05, 0.1) is 12.2 Å². The minimum absolute atomic E-state index is 0.0437. The number of thiophene rings is 1. The Morgan fingerprint density at radius 3 is 2.93 bits per heavy atom. The first-order chi connectivity index (χ1) is 6.79. The van der Waals surface area contributed by atoms with Gasteiger partial charge in [0.1, 0.15) is 0 Å². The van der Waals surface area contributed by atoms with Crippen LogP contribution in [0.5, 0.6) is 0 Å². The SMILES string of the molecule is O=C(c1cscc1Br)N1CCCCO1. The minimum atomic E-state index is -0.0437. The molecule has 0 atom stereocenters. The molecule has 0 aromatic carbocycles. The van der Waals surface area contributed by atoms with E-state index in [1.807, 2.05) is 10.8 Å². The molecule has 0 saturated carbocycles. The zero-order valence-corrected chi connectivity index (χ0v) is 9.94. The van der Waals surface area contributed by atoms with Crippen LogP contribution in [0.2, 0.25) is 0 Å². The van der Waals surface area contributed by atoms with Crippen LogP contribution in [-0.4, -0.2) is 24.1 Å². The lowest BCUT2D eigenvalue weighted by Crippen LogP contribution is -2.35. The summed E-state index contributed by atoms with van der Waals surface area (Å²) in [5, 5.41) is 5.19. The van der Waals surface area contributed by atoms with Gasteiger partial charge in [0.25, 0.3) is 5.91 Å². The van der Waals surface area contributed by atoms with E-state index in [9.17, 15) is 4.79 Å². The third kappa shape index (κ3) is 1.99. The van der Waals surface area contributed by atoms with E-state index in [0.717, 1.165) is 17.3 Å². The quantitative estimate of drug-likeness (QED) is 0.789. The molecule has 0 N–H and O–H groups in total. The number of hydrogen-bond acceptors (Lipinski definition) is 3. The van der Waals surface area contributed by atoms with E-state index in [0.29, 0.717) is 18.7 Å². The van der Waals surface area contributed by atoms with Crippen molar-refractivity contribution in [2.45, 2.75) is 12.8 Å². The van der Waals surface area contributed by atoms with Crippen molar-refractivity contribution in [2.24, 2.45) is 0 Å². The van der Waals surface area contributed by atoms with Crippen molar-refractivity contribution < 1.29 is 9.63 Å². The average Bonchev–Trinajstić information content (AvgIpc) is 2.65. The standard InChI is InChI=1S/C9H10BrNO2S/c10-8-6-14-5-7(8)9(12)11-3-1-2-4-13-11/h5-6H,1-4H2.